The predicted molar refractivity (Wildman–Crippen MR) is 70.9 cm³/mol. The molecule has 21 heavy (non-hydrogen) atoms. The molecule has 0 atom stereocenters. The number of hydrogen-bond acceptors (Lipinski definition) is 6. The maximum absolute atomic E-state index is 13.0. The molecule has 8 heteroatoms. The van der Waals surface area contributed by atoms with E-state index in [-0.39, 0.29) is 29.7 Å². The number of hydrogen-bond donors (Lipinski definition) is 2. The molecule has 104 valence electrons. The highest BCUT2D eigenvalue weighted by atomic mass is 19.1. The molecule has 0 amide bonds. The van der Waals surface area contributed by atoms with Crippen molar-refractivity contribution in [3.05, 3.63) is 46.0 Å². The molecule has 0 fully saturated rings. The minimum absolute atomic E-state index is 0.00502. The number of carbonyl (C=O) groups is 1. The summed E-state index contributed by atoms with van der Waals surface area (Å²) in [7, 11) is 0. The molecule has 1 aromatic carbocycles. The Balaban J connectivity index is 2.39. The number of carbonyl (C=O) groups excluding carboxylic acids is 1. The lowest BCUT2D eigenvalue weighted by Crippen LogP contribution is -2.42. The van der Waals surface area contributed by atoms with E-state index >= 15 is 0 Å². The smallest absolute Gasteiger partial charge is 0.290 e. The molecule has 2 heterocycles. The number of rotatable bonds is 1. The van der Waals surface area contributed by atoms with Gasteiger partial charge in [0.1, 0.15) is 17.4 Å². The topological polar surface area (TPSA) is 99.8 Å². The highest BCUT2D eigenvalue weighted by Gasteiger charge is 2.25. The third-order valence-electron chi connectivity index (χ3n) is 3.01. The number of fused-ring (bicyclic) bond motifs is 1. The van der Waals surface area contributed by atoms with Gasteiger partial charge in [-0.05, 0) is 24.3 Å². The van der Waals surface area contributed by atoms with Gasteiger partial charge in [0.25, 0.3) is 5.56 Å². The molecule has 0 aliphatic carbocycles. The van der Waals surface area contributed by atoms with Crippen molar-refractivity contribution >= 4 is 11.9 Å². The molecule has 0 saturated heterocycles. The summed E-state index contributed by atoms with van der Waals surface area (Å²) in [5.41, 5.74) is 4.65. The van der Waals surface area contributed by atoms with Crippen molar-refractivity contribution in [1.82, 2.24) is 15.0 Å². The number of nitriles is 1. The van der Waals surface area contributed by atoms with Crippen molar-refractivity contribution in [2.24, 2.45) is 0 Å². The zero-order valence-corrected chi connectivity index (χ0v) is 10.6. The fourth-order valence-corrected chi connectivity index (χ4v) is 2.11. The number of benzene rings is 1. The van der Waals surface area contributed by atoms with Crippen LogP contribution in [0.2, 0.25) is 0 Å². The fourth-order valence-electron chi connectivity index (χ4n) is 2.11. The largest absolute Gasteiger partial charge is 0.293 e. The van der Waals surface area contributed by atoms with E-state index in [1.54, 1.807) is 6.07 Å². The summed E-state index contributed by atoms with van der Waals surface area (Å²) in [6, 6.07) is 6.93. The van der Waals surface area contributed by atoms with Gasteiger partial charge in [-0.1, -0.05) is 0 Å². The first-order valence-corrected chi connectivity index (χ1v) is 5.97. The first-order chi connectivity index (χ1) is 10.1. The molecule has 0 saturated carbocycles. The van der Waals surface area contributed by atoms with E-state index < -0.39 is 11.4 Å². The highest BCUT2D eigenvalue weighted by molar-refractivity contribution is 5.90. The Labute approximate surface area is 117 Å². The molecule has 0 radical (unpaired) electrons. The Kier molecular flexibility index (Phi) is 2.97. The lowest BCUT2D eigenvalue weighted by atomic mass is 10.1. The summed E-state index contributed by atoms with van der Waals surface area (Å²) in [6.45, 7) is -0.0311. The van der Waals surface area contributed by atoms with Gasteiger partial charge in [0.05, 0.1) is 12.2 Å². The van der Waals surface area contributed by atoms with E-state index in [0.717, 1.165) is 4.57 Å². The normalized spacial score (nSPS) is 13.2. The minimum Gasteiger partial charge on any atom is -0.290 e. The summed E-state index contributed by atoms with van der Waals surface area (Å²) in [5.74, 6) is -0.847. The average molecular weight is 285 g/mol. The second-order valence-corrected chi connectivity index (χ2v) is 4.29. The Morgan fingerprint density at radius 2 is 2.00 bits per heavy atom. The molecule has 1 aliphatic rings. The van der Waals surface area contributed by atoms with Gasteiger partial charge in [-0.25, -0.2) is 14.4 Å². The summed E-state index contributed by atoms with van der Waals surface area (Å²) >= 11 is 0. The summed E-state index contributed by atoms with van der Waals surface area (Å²) in [4.78, 5) is 27.6. The highest BCUT2D eigenvalue weighted by Crippen LogP contribution is 2.25. The van der Waals surface area contributed by atoms with Crippen LogP contribution in [-0.2, 0) is 0 Å². The van der Waals surface area contributed by atoms with Crippen molar-refractivity contribution in [2.75, 3.05) is 12.0 Å². The quantitative estimate of drug-likeness (QED) is 0.791. The fraction of sp³-hybridized carbons (Fsp3) is 0.0769. The number of hydrazine groups is 1. The van der Waals surface area contributed by atoms with Crippen LogP contribution in [0.3, 0.4) is 0 Å². The van der Waals surface area contributed by atoms with Crippen LogP contribution in [0.15, 0.2) is 29.1 Å². The number of aromatic nitrogens is 2. The first kappa shape index (κ1) is 13.0. The van der Waals surface area contributed by atoms with Gasteiger partial charge in [0, 0.05) is 5.56 Å². The number of nitrogens with one attached hydrogen (secondary N) is 2. The summed E-state index contributed by atoms with van der Waals surface area (Å²) in [5, 5.41) is 9.18. The molecule has 0 unspecified atom stereocenters. The second kappa shape index (κ2) is 4.81. The van der Waals surface area contributed by atoms with E-state index in [2.05, 4.69) is 15.8 Å². The van der Waals surface area contributed by atoms with Crippen LogP contribution in [0.1, 0.15) is 10.4 Å². The van der Waals surface area contributed by atoms with Gasteiger partial charge < -0.3 is 0 Å². The Bertz CT molecular complexity index is 835. The SMILES string of the molecule is N#Cc1c(-c2ccc(F)cc2)n2c(nc1=O)NNCC2=O. The summed E-state index contributed by atoms with van der Waals surface area (Å²) < 4.78 is 14.2. The van der Waals surface area contributed by atoms with E-state index in [1.807, 2.05) is 0 Å². The van der Waals surface area contributed by atoms with Crippen LogP contribution < -0.4 is 16.4 Å². The third-order valence-corrected chi connectivity index (χ3v) is 3.01. The Morgan fingerprint density at radius 3 is 2.67 bits per heavy atom. The summed E-state index contributed by atoms with van der Waals surface area (Å²) in [6.07, 6.45) is 0. The molecule has 1 aliphatic heterocycles. The van der Waals surface area contributed by atoms with E-state index in [4.69, 9.17) is 0 Å². The van der Waals surface area contributed by atoms with Gasteiger partial charge in [-0.2, -0.15) is 10.2 Å². The van der Waals surface area contributed by atoms with Crippen LogP contribution >= 0.6 is 0 Å². The molecular formula is C13H8FN5O2. The van der Waals surface area contributed by atoms with Gasteiger partial charge in [-0.3, -0.25) is 15.0 Å². The van der Waals surface area contributed by atoms with Crippen molar-refractivity contribution < 1.29 is 9.18 Å². The molecular weight excluding hydrogens is 277 g/mol. The van der Waals surface area contributed by atoms with E-state index in [0.29, 0.717) is 5.56 Å². The Hall–Kier alpha value is -3.05. The van der Waals surface area contributed by atoms with E-state index in [1.165, 1.54) is 24.3 Å². The van der Waals surface area contributed by atoms with Gasteiger partial charge >= 0.3 is 0 Å². The van der Waals surface area contributed by atoms with Crippen molar-refractivity contribution in [3.63, 3.8) is 0 Å². The number of halogens is 1. The third kappa shape index (κ3) is 2.05. The van der Waals surface area contributed by atoms with Crippen LogP contribution in [0.4, 0.5) is 10.3 Å². The zero-order valence-electron chi connectivity index (χ0n) is 10.6. The standard InChI is InChI=1S/C13H8FN5O2/c14-8-3-1-7(2-4-8)11-9(5-15)12(21)17-13-18-16-6-10(20)19(11)13/h1-4,16H,6H2,(H,17,18,21). The molecule has 0 bridgehead atoms. The maximum atomic E-state index is 13.0. The molecule has 2 N–H and O–H groups in total. The van der Waals surface area contributed by atoms with Crippen LogP contribution in [0.5, 0.6) is 0 Å². The zero-order chi connectivity index (χ0) is 15.0. The van der Waals surface area contributed by atoms with Crippen molar-refractivity contribution in [1.29, 1.82) is 5.26 Å². The Morgan fingerprint density at radius 1 is 1.29 bits per heavy atom. The van der Waals surface area contributed by atoms with Crippen molar-refractivity contribution in [2.45, 2.75) is 0 Å². The lowest BCUT2D eigenvalue weighted by Gasteiger charge is -2.22. The van der Waals surface area contributed by atoms with Crippen molar-refractivity contribution in [3.8, 4) is 17.3 Å². The number of nitrogens with zero attached hydrogens (tertiary/aromatic N) is 3. The van der Waals surface area contributed by atoms with Crippen LogP contribution in [-0.4, -0.2) is 22.0 Å². The average Bonchev–Trinajstić information content (AvgIpc) is 2.47. The molecule has 3 rings (SSSR count). The van der Waals surface area contributed by atoms with Gasteiger partial charge in [0.2, 0.25) is 11.9 Å². The van der Waals surface area contributed by atoms with Gasteiger partial charge in [0.15, 0.2) is 0 Å². The maximum Gasteiger partial charge on any atom is 0.293 e. The predicted octanol–water partition coefficient (Wildman–Crippen LogP) is 0.491. The lowest BCUT2D eigenvalue weighted by molar-refractivity contribution is 0.0908. The number of anilines is 1. The molecule has 7 nitrogen and oxygen atoms in total. The minimum atomic E-state index is -0.757. The molecule has 1 aromatic heterocycles. The van der Waals surface area contributed by atoms with Crippen LogP contribution in [0, 0.1) is 17.1 Å². The van der Waals surface area contributed by atoms with E-state index in [9.17, 15) is 19.2 Å². The molecule has 2 aromatic rings. The van der Waals surface area contributed by atoms with Crippen LogP contribution in [0.25, 0.3) is 11.3 Å². The molecule has 0 spiro atoms. The monoisotopic (exact) mass is 285 g/mol. The second-order valence-electron chi connectivity index (χ2n) is 4.29. The first-order valence-electron chi connectivity index (χ1n) is 5.97. The van der Waals surface area contributed by atoms with Gasteiger partial charge in [-0.15, -0.1) is 0 Å².